The number of amides is 2. The van der Waals surface area contributed by atoms with Gasteiger partial charge in [-0.1, -0.05) is 18.2 Å². The fraction of sp³-hybridized carbons (Fsp3) is 0.552. The van der Waals surface area contributed by atoms with Crippen molar-refractivity contribution >= 4 is 30.1 Å². The quantitative estimate of drug-likeness (QED) is 0.231. The topological polar surface area (TPSA) is 139 Å². The summed E-state index contributed by atoms with van der Waals surface area (Å²) in [4.78, 5) is 29.2. The Kier molecular flexibility index (Phi) is 9.91. The number of alkyl halides is 2. The minimum absolute atomic E-state index is 0.0763. The van der Waals surface area contributed by atoms with E-state index in [-0.39, 0.29) is 25.0 Å². The summed E-state index contributed by atoms with van der Waals surface area (Å²) in [5, 5.41) is 32.9. The van der Waals surface area contributed by atoms with Crippen molar-refractivity contribution in [3.8, 4) is 6.07 Å². The van der Waals surface area contributed by atoms with Crippen LogP contribution in [0.3, 0.4) is 0 Å². The van der Waals surface area contributed by atoms with Crippen molar-refractivity contribution in [2.45, 2.75) is 75.8 Å². The van der Waals surface area contributed by atoms with Gasteiger partial charge in [0, 0.05) is 23.9 Å². The van der Waals surface area contributed by atoms with E-state index < -0.39 is 49.1 Å². The molecule has 13 heteroatoms. The normalized spacial score (nSPS) is 20.5. The van der Waals surface area contributed by atoms with Gasteiger partial charge in [-0.3, -0.25) is 9.69 Å². The van der Waals surface area contributed by atoms with Crippen LogP contribution in [0.1, 0.15) is 51.5 Å². The number of nitriles is 1. The number of hydrogen-bond acceptors (Lipinski definition) is 8. The third-order valence-electron chi connectivity index (χ3n) is 8.02. The number of nitrogens with one attached hydrogen (secondary N) is 1. The molecule has 0 unspecified atom stereocenters. The number of piperidine rings is 2. The van der Waals surface area contributed by atoms with E-state index in [2.05, 4.69) is 5.32 Å². The summed E-state index contributed by atoms with van der Waals surface area (Å²) in [6.07, 6.45) is 4.29. The zero-order valence-corrected chi connectivity index (χ0v) is 23.9. The van der Waals surface area contributed by atoms with Crippen LogP contribution >= 0.6 is 0 Å². The number of nitrogens with zero attached hydrogens (tertiary/aromatic N) is 3. The van der Waals surface area contributed by atoms with Crippen LogP contribution in [0.4, 0.5) is 13.6 Å². The summed E-state index contributed by atoms with van der Waals surface area (Å²) in [5.41, 5.74) is 0.208. The van der Waals surface area contributed by atoms with Gasteiger partial charge < -0.3 is 29.4 Å². The molecule has 0 aliphatic carbocycles. The molecule has 226 valence electrons. The number of alkyl carbamates (subject to hydrolysis) is 1. The molecular weight excluding hydrogens is 549 g/mol. The van der Waals surface area contributed by atoms with Crippen LogP contribution in [0.5, 0.6) is 0 Å². The van der Waals surface area contributed by atoms with E-state index in [0.717, 1.165) is 11.8 Å². The first-order valence-corrected chi connectivity index (χ1v) is 14.2. The smallest absolute Gasteiger partial charge is 0.464 e. The van der Waals surface area contributed by atoms with Gasteiger partial charge in [-0.2, -0.15) is 5.26 Å². The maximum atomic E-state index is 14.1. The Morgan fingerprint density at radius 1 is 1.29 bits per heavy atom. The van der Waals surface area contributed by atoms with Crippen LogP contribution in [-0.2, 0) is 16.0 Å². The van der Waals surface area contributed by atoms with Gasteiger partial charge in [0.05, 0.1) is 24.8 Å². The highest BCUT2D eigenvalue weighted by Crippen LogP contribution is 2.32. The van der Waals surface area contributed by atoms with Crippen molar-refractivity contribution in [2.75, 3.05) is 26.2 Å². The minimum Gasteiger partial charge on any atom is -0.464 e. The van der Waals surface area contributed by atoms with Crippen LogP contribution in [0.25, 0.3) is 11.0 Å². The highest BCUT2D eigenvalue weighted by Gasteiger charge is 2.41. The lowest BCUT2D eigenvalue weighted by atomic mass is 9.76. The first-order chi connectivity index (χ1) is 19.9. The van der Waals surface area contributed by atoms with Crippen LogP contribution in [0.2, 0.25) is 0 Å². The predicted molar refractivity (Wildman–Crippen MR) is 151 cm³/mol. The fourth-order valence-electron chi connectivity index (χ4n) is 5.66. The van der Waals surface area contributed by atoms with Crippen molar-refractivity contribution in [3.05, 3.63) is 47.7 Å². The number of carbonyl (C=O) groups excluding carboxylic acids is 2. The molecule has 0 radical (unpaired) electrons. The highest BCUT2D eigenvalue weighted by atomic mass is 19.3. The average molecular weight is 586 g/mol. The highest BCUT2D eigenvalue weighted by molar-refractivity contribution is 6.43. The molecule has 2 saturated heterocycles. The lowest BCUT2D eigenvalue weighted by Gasteiger charge is -2.42. The molecule has 3 heterocycles. The average Bonchev–Trinajstić information content (AvgIpc) is 3.36. The van der Waals surface area contributed by atoms with Gasteiger partial charge in [-0.15, -0.1) is 0 Å². The van der Waals surface area contributed by atoms with Crippen LogP contribution in [-0.4, -0.2) is 88.7 Å². The molecule has 2 amide bonds. The summed E-state index contributed by atoms with van der Waals surface area (Å²) >= 11 is 0. The second-order valence-corrected chi connectivity index (χ2v) is 11.6. The second-order valence-electron chi connectivity index (χ2n) is 11.6. The van der Waals surface area contributed by atoms with E-state index in [4.69, 9.17) is 9.15 Å². The number of halogens is 2. The van der Waals surface area contributed by atoms with Gasteiger partial charge in [-0.25, -0.2) is 13.6 Å². The third-order valence-corrected chi connectivity index (χ3v) is 8.02. The van der Waals surface area contributed by atoms with E-state index in [9.17, 15) is 33.7 Å². The zero-order valence-electron chi connectivity index (χ0n) is 23.9. The van der Waals surface area contributed by atoms with E-state index >= 15 is 0 Å². The molecule has 2 aromatic rings. The molecule has 2 aliphatic heterocycles. The second kappa shape index (κ2) is 13.2. The maximum absolute atomic E-state index is 14.1. The van der Waals surface area contributed by atoms with Gasteiger partial charge >= 0.3 is 13.2 Å². The number of furan rings is 1. The van der Waals surface area contributed by atoms with Crippen molar-refractivity contribution in [1.29, 1.82) is 5.26 Å². The molecule has 0 saturated carbocycles. The first kappa shape index (κ1) is 31.5. The Morgan fingerprint density at radius 2 is 2.05 bits per heavy atom. The fourth-order valence-corrected chi connectivity index (χ4v) is 5.66. The number of carbonyl (C=O) groups is 2. The van der Waals surface area contributed by atoms with Crippen LogP contribution in [0, 0.1) is 11.3 Å². The number of ether oxygens (including phenoxy) is 1. The van der Waals surface area contributed by atoms with Crippen molar-refractivity contribution < 1.29 is 37.6 Å². The minimum atomic E-state index is -2.83. The lowest BCUT2D eigenvalue weighted by Crippen LogP contribution is -2.53. The zero-order chi connectivity index (χ0) is 30.5. The molecule has 3 N–H and O–H groups in total. The Bertz CT molecular complexity index is 1340. The molecule has 42 heavy (non-hydrogen) atoms. The van der Waals surface area contributed by atoms with Gasteiger partial charge in [0.1, 0.15) is 23.8 Å². The largest absolute Gasteiger partial charge is 0.475 e. The van der Waals surface area contributed by atoms with Crippen LogP contribution < -0.4 is 5.32 Å². The number of para-hydroxylation sites is 1. The summed E-state index contributed by atoms with van der Waals surface area (Å²) in [5.74, 6) is -4.45. The molecule has 2 atom stereocenters. The predicted octanol–water partition coefficient (Wildman–Crippen LogP) is 3.42. The summed E-state index contributed by atoms with van der Waals surface area (Å²) in [6, 6.07) is 8.68. The molecule has 1 aromatic heterocycles. The molecule has 10 nitrogen and oxygen atoms in total. The first-order valence-electron chi connectivity index (χ1n) is 14.2. The van der Waals surface area contributed by atoms with Gasteiger partial charge in [0.2, 0.25) is 0 Å². The van der Waals surface area contributed by atoms with Crippen molar-refractivity contribution in [3.63, 3.8) is 0 Å². The number of fused-ring (bicyclic) bond motifs is 1. The third kappa shape index (κ3) is 7.67. The standard InChI is InChI=1S/C29H37BF2N4O6/c1-28(2,35-12-7-11-29(31,32)19-35)15-21(16-33)26(37)36-13-6-5-8-22(36)18-42-27(38)34-25(30(39)40)14-20-17-41-24-10-4-3-9-23(20)24/h3-4,9-10,15,17,22,25,39-40H,5-8,11-14,18-19H2,1-2H3,(H,34,38)/b21-15+/t22-,25+/m1/s1. The summed E-state index contributed by atoms with van der Waals surface area (Å²) in [6.45, 7) is 3.58. The molecule has 4 rings (SSSR count). The maximum Gasteiger partial charge on any atom is 0.475 e. The molecule has 2 aliphatic rings. The van der Waals surface area contributed by atoms with Crippen molar-refractivity contribution in [2.24, 2.45) is 0 Å². The Labute approximate surface area is 244 Å². The number of rotatable bonds is 9. The van der Waals surface area contributed by atoms with Gasteiger partial charge in [-0.05, 0) is 70.2 Å². The number of hydrogen-bond donors (Lipinski definition) is 3. The summed E-state index contributed by atoms with van der Waals surface area (Å²) in [7, 11) is -1.87. The van der Waals surface area contributed by atoms with Crippen LogP contribution in [0.15, 0.2) is 46.6 Å². The molecule has 0 spiro atoms. The number of likely N-dealkylation sites (tertiary alicyclic amines) is 2. The molecule has 2 fully saturated rings. The van der Waals surface area contributed by atoms with Gasteiger partial charge in [0.15, 0.2) is 0 Å². The monoisotopic (exact) mass is 586 g/mol. The van der Waals surface area contributed by atoms with Gasteiger partial charge in [0.25, 0.3) is 11.8 Å². The summed E-state index contributed by atoms with van der Waals surface area (Å²) < 4.78 is 39.0. The molecular formula is C29H37BF2N4O6. The van der Waals surface area contributed by atoms with E-state index in [1.54, 1.807) is 24.8 Å². The van der Waals surface area contributed by atoms with E-state index in [1.165, 1.54) is 17.2 Å². The Balaban J connectivity index is 1.39. The lowest BCUT2D eigenvalue weighted by molar-refractivity contribution is -0.131. The Morgan fingerprint density at radius 3 is 2.76 bits per heavy atom. The SMILES string of the molecule is CC(C)(/C=C(\C#N)C(=O)N1CCCC[C@@H]1COC(=O)N[C@@H](Cc1coc2ccccc12)B(O)O)N1CCCC(F)(F)C1. The van der Waals surface area contributed by atoms with Crippen molar-refractivity contribution in [1.82, 2.24) is 15.1 Å². The van der Waals surface area contributed by atoms with E-state index in [0.29, 0.717) is 43.5 Å². The molecule has 0 bridgehead atoms. The number of benzene rings is 1. The van der Waals surface area contributed by atoms with E-state index in [1.807, 2.05) is 24.3 Å². The Hall–Kier alpha value is -3.47. The molecule has 1 aromatic carbocycles.